The monoisotopic (exact) mass is 365 g/mol. The molecule has 2 rings (SSSR count). The second-order valence-corrected chi connectivity index (χ2v) is 9.30. The molecule has 1 aromatic carbocycles. The Bertz CT molecular complexity index is 826. The Morgan fingerprint density at radius 2 is 1.78 bits per heavy atom. The first kappa shape index (κ1) is 17.8. The molecule has 0 saturated carbocycles. The van der Waals surface area contributed by atoms with Crippen LogP contribution in [0.4, 0.5) is 4.39 Å². The molecule has 1 fully saturated rings. The van der Waals surface area contributed by atoms with Crippen molar-refractivity contribution in [3.63, 3.8) is 0 Å². The summed E-state index contributed by atoms with van der Waals surface area (Å²) in [5.41, 5.74) is 0. The lowest BCUT2D eigenvalue weighted by Gasteiger charge is -2.29. The zero-order chi connectivity index (χ0) is 17.4. The van der Waals surface area contributed by atoms with Crippen LogP contribution in [0.2, 0.25) is 0 Å². The van der Waals surface area contributed by atoms with Gasteiger partial charge in [-0.25, -0.2) is 21.2 Å². The minimum Gasteiger partial charge on any atom is -0.481 e. The van der Waals surface area contributed by atoms with Crippen molar-refractivity contribution in [2.75, 3.05) is 19.3 Å². The lowest BCUT2D eigenvalue weighted by Crippen LogP contribution is -2.40. The summed E-state index contributed by atoms with van der Waals surface area (Å²) >= 11 is 0. The second-order valence-electron chi connectivity index (χ2n) is 5.38. The van der Waals surface area contributed by atoms with Crippen LogP contribution in [-0.4, -0.2) is 51.6 Å². The fourth-order valence-corrected chi connectivity index (χ4v) is 4.65. The maximum Gasteiger partial charge on any atom is 0.306 e. The van der Waals surface area contributed by atoms with E-state index in [2.05, 4.69) is 0 Å². The molecule has 10 heteroatoms. The number of hydrogen-bond acceptors (Lipinski definition) is 5. The molecule has 128 valence electrons. The van der Waals surface area contributed by atoms with Crippen molar-refractivity contribution < 1.29 is 31.1 Å². The van der Waals surface area contributed by atoms with Crippen LogP contribution in [0, 0.1) is 11.7 Å². The summed E-state index contributed by atoms with van der Waals surface area (Å²) in [6, 6.07) is 2.63. The molecule has 0 bridgehead atoms. The average molecular weight is 365 g/mol. The number of sulfonamides is 1. The molecule has 1 aliphatic rings. The highest BCUT2D eigenvalue weighted by Gasteiger charge is 2.32. The van der Waals surface area contributed by atoms with Crippen LogP contribution in [0.25, 0.3) is 0 Å². The highest BCUT2D eigenvalue weighted by Crippen LogP contribution is 2.26. The quantitative estimate of drug-likeness (QED) is 0.842. The van der Waals surface area contributed by atoms with Gasteiger partial charge in [-0.1, -0.05) is 0 Å². The molecule has 0 aromatic heterocycles. The van der Waals surface area contributed by atoms with Gasteiger partial charge in [-0.05, 0) is 31.0 Å². The predicted octanol–water partition coefficient (Wildman–Crippen LogP) is 0.714. The number of aliphatic carboxylic acids is 1. The summed E-state index contributed by atoms with van der Waals surface area (Å²) in [5.74, 6) is -2.69. The van der Waals surface area contributed by atoms with E-state index < -0.39 is 42.5 Å². The van der Waals surface area contributed by atoms with Gasteiger partial charge in [0.2, 0.25) is 10.0 Å². The van der Waals surface area contributed by atoms with Crippen molar-refractivity contribution in [3.05, 3.63) is 24.0 Å². The second kappa shape index (κ2) is 6.17. The van der Waals surface area contributed by atoms with E-state index in [1.165, 1.54) is 0 Å². The number of halogens is 1. The standard InChI is InChI=1S/C13H16FNO6S2/c1-22(18,19)12-3-2-10(8-11(12)14)23(20,21)15-6-4-9(5-7-15)13(16)17/h2-3,8-9H,4-7H2,1H3,(H,16,17). The lowest BCUT2D eigenvalue weighted by molar-refractivity contribution is -0.142. The number of carboxylic acids is 1. The van der Waals surface area contributed by atoms with Crippen LogP contribution in [0.15, 0.2) is 28.0 Å². The van der Waals surface area contributed by atoms with Crippen molar-refractivity contribution >= 4 is 25.8 Å². The Balaban J connectivity index is 2.28. The maximum absolute atomic E-state index is 13.9. The molecular formula is C13H16FNO6S2. The van der Waals surface area contributed by atoms with Crippen molar-refractivity contribution in [3.8, 4) is 0 Å². The fourth-order valence-electron chi connectivity index (χ4n) is 2.43. The summed E-state index contributed by atoms with van der Waals surface area (Å²) in [5, 5.41) is 8.91. The molecule has 7 nitrogen and oxygen atoms in total. The molecule has 1 heterocycles. The van der Waals surface area contributed by atoms with Gasteiger partial charge in [-0.3, -0.25) is 4.79 Å². The van der Waals surface area contributed by atoms with Gasteiger partial charge in [-0.2, -0.15) is 4.31 Å². The maximum atomic E-state index is 13.9. The third-order valence-corrected chi connectivity index (χ3v) is 6.77. The smallest absolute Gasteiger partial charge is 0.306 e. The molecule has 0 spiro atoms. The highest BCUT2D eigenvalue weighted by molar-refractivity contribution is 7.90. The molecule has 1 aromatic rings. The van der Waals surface area contributed by atoms with Crippen molar-refractivity contribution in [2.45, 2.75) is 22.6 Å². The number of carboxylic acid groups (broad SMARTS) is 1. The molecule has 0 amide bonds. The van der Waals surface area contributed by atoms with E-state index >= 15 is 0 Å². The Labute approximate surface area is 133 Å². The van der Waals surface area contributed by atoms with Crippen LogP contribution in [0.3, 0.4) is 0 Å². The van der Waals surface area contributed by atoms with Crippen LogP contribution in [0.5, 0.6) is 0 Å². The molecule has 23 heavy (non-hydrogen) atoms. The Morgan fingerprint density at radius 1 is 1.22 bits per heavy atom. The van der Waals surface area contributed by atoms with Crippen LogP contribution in [0.1, 0.15) is 12.8 Å². The van der Waals surface area contributed by atoms with Crippen molar-refractivity contribution in [1.82, 2.24) is 4.31 Å². The Morgan fingerprint density at radius 3 is 2.22 bits per heavy atom. The number of carbonyl (C=O) groups is 1. The molecule has 1 aliphatic heterocycles. The highest BCUT2D eigenvalue weighted by atomic mass is 32.2. The van der Waals surface area contributed by atoms with Gasteiger partial charge in [0.25, 0.3) is 0 Å². The normalized spacial score (nSPS) is 18.0. The zero-order valence-corrected chi connectivity index (χ0v) is 13.9. The molecule has 0 unspecified atom stereocenters. The zero-order valence-electron chi connectivity index (χ0n) is 12.3. The van der Waals surface area contributed by atoms with E-state index in [-0.39, 0.29) is 30.8 Å². The van der Waals surface area contributed by atoms with E-state index in [0.717, 1.165) is 22.7 Å². The van der Waals surface area contributed by atoms with Crippen molar-refractivity contribution in [1.29, 1.82) is 0 Å². The molecule has 1 N–H and O–H groups in total. The van der Waals surface area contributed by atoms with Crippen LogP contribution < -0.4 is 0 Å². The average Bonchev–Trinajstić information content (AvgIpc) is 2.45. The summed E-state index contributed by atoms with van der Waals surface area (Å²) in [4.78, 5) is 9.96. The third kappa shape index (κ3) is 3.70. The predicted molar refractivity (Wildman–Crippen MR) is 78.6 cm³/mol. The van der Waals surface area contributed by atoms with Gasteiger partial charge in [0.05, 0.1) is 10.8 Å². The first-order valence-corrected chi connectivity index (χ1v) is 10.1. The SMILES string of the molecule is CS(=O)(=O)c1ccc(S(=O)(=O)N2CCC(C(=O)O)CC2)cc1F. The topological polar surface area (TPSA) is 109 Å². The largest absolute Gasteiger partial charge is 0.481 e. The minimum absolute atomic E-state index is 0.0226. The molecular weight excluding hydrogens is 349 g/mol. The van der Waals surface area contributed by atoms with E-state index in [0.29, 0.717) is 6.07 Å². The van der Waals surface area contributed by atoms with E-state index in [1.807, 2.05) is 0 Å². The summed E-state index contributed by atoms with van der Waals surface area (Å²) in [7, 11) is -7.78. The lowest BCUT2D eigenvalue weighted by atomic mass is 9.99. The summed E-state index contributed by atoms with van der Waals surface area (Å²) < 4.78 is 62.6. The minimum atomic E-state index is -3.99. The Kier molecular flexibility index (Phi) is 4.79. The van der Waals surface area contributed by atoms with E-state index in [4.69, 9.17) is 5.11 Å². The number of sulfone groups is 1. The van der Waals surface area contributed by atoms with Gasteiger partial charge in [0.15, 0.2) is 9.84 Å². The first-order chi connectivity index (χ1) is 10.5. The Hall–Kier alpha value is -1.52. The van der Waals surface area contributed by atoms with Crippen molar-refractivity contribution in [2.24, 2.45) is 5.92 Å². The summed E-state index contributed by atoms with van der Waals surface area (Å²) in [6.45, 7) is 0.0451. The first-order valence-electron chi connectivity index (χ1n) is 6.76. The number of piperidine rings is 1. The fraction of sp³-hybridized carbons (Fsp3) is 0.462. The van der Waals surface area contributed by atoms with Gasteiger partial charge < -0.3 is 5.11 Å². The van der Waals surface area contributed by atoms with Gasteiger partial charge in [0, 0.05) is 19.3 Å². The van der Waals surface area contributed by atoms with E-state index in [1.54, 1.807) is 0 Å². The molecule has 1 saturated heterocycles. The number of nitrogens with zero attached hydrogens (tertiary/aromatic N) is 1. The summed E-state index contributed by atoms with van der Waals surface area (Å²) in [6.07, 6.45) is 1.19. The number of hydrogen-bond donors (Lipinski definition) is 1. The molecule has 0 atom stereocenters. The molecule has 0 aliphatic carbocycles. The molecule has 0 radical (unpaired) electrons. The van der Waals surface area contributed by atoms with Gasteiger partial charge in [0.1, 0.15) is 10.7 Å². The van der Waals surface area contributed by atoms with Gasteiger partial charge in [-0.15, -0.1) is 0 Å². The van der Waals surface area contributed by atoms with E-state index in [9.17, 15) is 26.0 Å². The van der Waals surface area contributed by atoms with Crippen LogP contribution in [-0.2, 0) is 24.7 Å². The number of rotatable bonds is 4. The van der Waals surface area contributed by atoms with Gasteiger partial charge >= 0.3 is 5.97 Å². The number of benzene rings is 1. The third-order valence-electron chi connectivity index (χ3n) is 3.74. The van der Waals surface area contributed by atoms with Crippen LogP contribution >= 0.6 is 0 Å².